The number of nitrogens with zero attached hydrogens (tertiary/aromatic N) is 4. The summed E-state index contributed by atoms with van der Waals surface area (Å²) < 4.78 is 5.68. The van der Waals surface area contributed by atoms with Crippen LogP contribution in [0.2, 0.25) is 0 Å². The number of anilines is 1. The van der Waals surface area contributed by atoms with Gasteiger partial charge in [-0.25, -0.2) is 0 Å². The lowest BCUT2D eigenvalue weighted by Gasteiger charge is -2.32. The van der Waals surface area contributed by atoms with Crippen LogP contribution in [0.1, 0.15) is 25.7 Å². The molecule has 0 atom stereocenters. The molecule has 1 aliphatic carbocycles. The zero-order chi connectivity index (χ0) is 17.6. The molecule has 3 aromatic rings. The van der Waals surface area contributed by atoms with E-state index in [1.807, 2.05) is 23.1 Å². The van der Waals surface area contributed by atoms with Crippen LogP contribution in [0.3, 0.4) is 0 Å². The van der Waals surface area contributed by atoms with Gasteiger partial charge < -0.3 is 14.6 Å². The zero-order valence-electron chi connectivity index (χ0n) is 14.4. The van der Waals surface area contributed by atoms with Crippen molar-refractivity contribution in [2.75, 3.05) is 25.0 Å². The van der Waals surface area contributed by atoms with Crippen LogP contribution >= 0.6 is 0 Å². The molecule has 1 spiro atoms. The average Bonchev–Trinajstić information content (AvgIpc) is 3.09. The Balaban J connectivity index is 1.23. The van der Waals surface area contributed by atoms with Gasteiger partial charge in [0.25, 0.3) is 5.89 Å². The standard InChI is InChI=1S/C18H20N6O2/c25-14(24-8-6-18(4-5-18)7-9-24)11-19-17-23-22-16(26-17)13-3-1-2-12-10-20-21-15(12)13/h1-3,10H,4-9,11H2,(H,19,23)(H,20,21). The molecule has 0 unspecified atom stereocenters. The van der Waals surface area contributed by atoms with E-state index in [2.05, 4.69) is 25.7 Å². The maximum absolute atomic E-state index is 12.4. The number of fused-ring (bicyclic) bond motifs is 1. The van der Waals surface area contributed by atoms with E-state index in [9.17, 15) is 4.79 Å². The Morgan fingerprint density at radius 3 is 2.88 bits per heavy atom. The van der Waals surface area contributed by atoms with Crippen molar-refractivity contribution in [2.45, 2.75) is 25.7 Å². The number of aromatic nitrogens is 4. The molecule has 1 amide bonds. The van der Waals surface area contributed by atoms with Crippen LogP contribution in [0.5, 0.6) is 0 Å². The minimum atomic E-state index is 0.0796. The molecule has 2 aliphatic rings. The van der Waals surface area contributed by atoms with Crippen molar-refractivity contribution in [1.82, 2.24) is 25.3 Å². The summed E-state index contributed by atoms with van der Waals surface area (Å²) in [6.45, 7) is 1.89. The van der Waals surface area contributed by atoms with Gasteiger partial charge in [-0.1, -0.05) is 17.2 Å². The van der Waals surface area contributed by atoms with E-state index >= 15 is 0 Å². The second-order valence-corrected chi connectivity index (χ2v) is 7.29. The molecule has 5 rings (SSSR count). The van der Waals surface area contributed by atoms with Crippen LogP contribution in [-0.4, -0.2) is 50.8 Å². The predicted molar refractivity (Wildman–Crippen MR) is 95.4 cm³/mol. The molecule has 1 saturated carbocycles. The number of H-pyrrole nitrogens is 1. The van der Waals surface area contributed by atoms with Crippen molar-refractivity contribution >= 4 is 22.8 Å². The summed E-state index contributed by atoms with van der Waals surface area (Å²) in [4.78, 5) is 14.3. The molecule has 2 N–H and O–H groups in total. The van der Waals surface area contributed by atoms with E-state index in [4.69, 9.17) is 4.42 Å². The molecule has 0 bridgehead atoms. The minimum absolute atomic E-state index is 0.0796. The summed E-state index contributed by atoms with van der Waals surface area (Å²) in [5.74, 6) is 0.472. The Bertz CT molecular complexity index is 947. The number of aromatic amines is 1. The van der Waals surface area contributed by atoms with Crippen molar-refractivity contribution < 1.29 is 9.21 Å². The molecule has 134 valence electrons. The number of carbonyl (C=O) groups is 1. The van der Waals surface area contributed by atoms with Gasteiger partial charge in [0.05, 0.1) is 23.8 Å². The highest BCUT2D eigenvalue weighted by molar-refractivity contribution is 5.91. The number of rotatable bonds is 4. The van der Waals surface area contributed by atoms with E-state index in [1.54, 1.807) is 6.20 Å². The normalized spacial score (nSPS) is 18.4. The van der Waals surface area contributed by atoms with Crippen molar-refractivity contribution in [1.29, 1.82) is 0 Å². The number of carbonyl (C=O) groups excluding carboxylic acids is 1. The number of likely N-dealkylation sites (tertiary alicyclic amines) is 1. The Kier molecular flexibility index (Phi) is 3.44. The van der Waals surface area contributed by atoms with E-state index in [-0.39, 0.29) is 18.5 Å². The third-order valence-corrected chi connectivity index (χ3v) is 5.66. The van der Waals surface area contributed by atoms with Gasteiger partial charge in [-0.3, -0.25) is 9.89 Å². The zero-order valence-corrected chi connectivity index (χ0v) is 14.4. The van der Waals surface area contributed by atoms with Crippen LogP contribution < -0.4 is 5.32 Å². The molecule has 1 aliphatic heterocycles. The van der Waals surface area contributed by atoms with Crippen molar-refractivity contribution in [3.63, 3.8) is 0 Å². The van der Waals surface area contributed by atoms with E-state index in [1.165, 1.54) is 12.8 Å². The van der Waals surface area contributed by atoms with Crippen LogP contribution in [0.4, 0.5) is 6.01 Å². The van der Waals surface area contributed by atoms with E-state index < -0.39 is 0 Å². The first kappa shape index (κ1) is 15.4. The molecule has 2 aromatic heterocycles. The lowest BCUT2D eigenvalue weighted by molar-refractivity contribution is -0.130. The highest BCUT2D eigenvalue weighted by Gasteiger charge is 2.44. The number of piperidine rings is 1. The summed E-state index contributed by atoms with van der Waals surface area (Å²) in [5, 5.41) is 19.0. The number of amides is 1. The second kappa shape index (κ2) is 5.82. The van der Waals surface area contributed by atoms with Gasteiger partial charge in [0.15, 0.2) is 0 Å². The van der Waals surface area contributed by atoms with Gasteiger partial charge in [-0.15, -0.1) is 5.10 Å². The SMILES string of the molecule is O=C(CNc1nnc(-c2cccc3cn[nH]c23)o1)N1CCC2(CC1)CC2. The smallest absolute Gasteiger partial charge is 0.316 e. The van der Waals surface area contributed by atoms with Crippen molar-refractivity contribution in [2.24, 2.45) is 5.41 Å². The summed E-state index contributed by atoms with van der Waals surface area (Å²) in [6, 6.07) is 6.02. The second-order valence-electron chi connectivity index (χ2n) is 7.29. The van der Waals surface area contributed by atoms with Gasteiger partial charge in [0.2, 0.25) is 5.91 Å². The fourth-order valence-corrected chi connectivity index (χ4v) is 3.72. The maximum atomic E-state index is 12.4. The quantitative estimate of drug-likeness (QED) is 0.748. The van der Waals surface area contributed by atoms with Gasteiger partial charge in [0, 0.05) is 18.5 Å². The molecule has 3 heterocycles. The third-order valence-electron chi connectivity index (χ3n) is 5.66. The van der Waals surface area contributed by atoms with Crippen LogP contribution in [0, 0.1) is 5.41 Å². The monoisotopic (exact) mass is 352 g/mol. The number of benzene rings is 1. The van der Waals surface area contributed by atoms with Gasteiger partial charge in [-0.2, -0.15) is 5.10 Å². The molecule has 8 heteroatoms. The average molecular weight is 352 g/mol. The highest BCUT2D eigenvalue weighted by Crippen LogP contribution is 2.53. The Labute approximate surface area is 150 Å². The largest absolute Gasteiger partial charge is 0.403 e. The molecule has 26 heavy (non-hydrogen) atoms. The number of nitrogens with one attached hydrogen (secondary N) is 2. The van der Waals surface area contributed by atoms with E-state index in [0.717, 1.165) is 42.4 Å². The third kappa shape index (κ3) is 2.71. The molecule has 1 aromatic carbocycles. The van der Waals surface area contributed by atoms with Gasteiger partial charge in [0.1, 0.15) is 0 Å². The van der Waals surface area contributed by atoms with Gasteiger partial charge in [-0.05, 0) is 37.2 Å². The molecular formula is C18H20N6O2. The van der Waals surface area contributed by atoms with Crippen LogP contribution in [0.15, 0.2) is 28.8 Å². The fraction of sp³-hybridized carbons (Fsp3) is 0.444. The number of hydrogen-bond acceptors (Lipinski definition) is 6. The maximum Gasteiger partial charge on any atom is 0.316 e. The molecule has 8 nitrogen and oxygen atoms in total. The van der Waals surface area contributed by atoms with Crippen LogP contribution in [-0.2, 0) is 4.79 Å². The molecule has 1 saturated heterocycles. The van der Waals surface area contributed by atoms with Crippen molar-refractivity contribution in [3.8, 4) is 11.5 Å². The summed E-state index contributed by atoms with van der Waals surface area (Å²) in [7, 11) is 0. The highest BCUT2D eigenvalue weighted by atomic mass is 16.4. The molecule has 0 radical (unpaired) electrons. The number of hydrogen-bond donors (Lipinski definition) is 2. The first-order chi connectivity index (χ1) is 12.7. The van der Waals surface area contributed by atoms with Gasteiger partial charge >= 0.3 is 6.01 Å². The Morgan fingerprint density at radius 2 is 2.08 bits per heavy atom. The van der Waals surface area contributed by atoms with E-state index in [0.29, 0.717) is 11.3 Å². The van der Waals surface area contributed by atoms with Crippen molar-refractivity contribution in [3.05, 3.63) is 24.4 Å². The first-order valence-electron chi connectivity index (χ1n) is 9.00. The van der Waals surface area contributed by atoms with Crippen LogP contribution in [0.25, 0.3) is 22.4 Å². The summed E-state index contributed by atoms with van der Waals surface area (Å²) in [5.41, 5.74) is 2.21. The first-order valence-corrected chi connectivity index (χ1v) is 9.00. The minimum Gasteiger partial charge on any atom is -0.403 e. The lowest BCUT2D eigenvalue weighted by atomic mass is 9.94. The Hall–Kier alpha value is -2.90. The fourth-order valence-electron chi connectivity index (χ4n) is 3.72. The predicted octanol–water partition coefficient (Wildman–Crippen LogP) is 2.43. The summed E-state index contributed by atoms with van der Waals surface area (Å²) >= 11 is 0. The summed E-state index contributed by atoms with van der Waals surface area (Å²) in [6.07, 6.45) is 6.69. The molecule has 2 fully saturated rings. The Morgan fingerprint density at radius 1 is 1.23 bits per heavy atom. The number of para-hydroxylation sites is 1. The topological polar surface area (TPSA) is 99.9 Å². The molecular weight excluding hydrogens is 332 g/mol. The lowest BCUT2D eigenvalue weighted by Crippen LogP contribution is -2.41.